The topological polar surface area (TPSA) is 55.0 Å². The Bertz CT molecular complexity index is 524. The van der Waals surface area contributed by atoms with E-state index in [0.29, 0.717) is 0 Å². The zero-order chi connectivity index (χ0) is 11.7. The molecule has 86 valence electrons. The van der Waals surface area contributed by atoms with Gasteiger partial charge in [0.2, 0.25) is 0 Å². The van der Waals surface area contributed by atoms with Crippen LogP contribution in [0, 0.1) is 0 Å². The molecule has 0 aliphatic carbocycles. The van der Waals surface area contributed by atoms with E-state index in [4.69, 9.17) is 5.73 Å². The van der Waals surface area contributed by atoms with Crippen LogP contribution in [-0.4, -0.2) is 16.5 Å². The van der Waals surface area contributed by atoms with Gasteiger partial charge in [-0.25, -0.2) is 9.97 Å². The van der Waals surface area contributed by atoms with E-state index in [-0.39, 0.29) is 0 Å². The maximum atomic E-state index is 5.98. The van der Waals surface area contributed by atoms with Gasteiger partial charge in [-0.2, -0.15) is 0 Å². The van der Waals surface area contributed by atoms with E-state index in [1.54, 1.807) is 12.5 Å². The molecule has 2 N–H and O–H groups in total. The van der Waals surface area contributed by atoms with Crippen molar-refractivity contribution in [3.63, 3.8) is 0 Å². The van der Waals surface area contributed by atoms with Crippen LogP contribution in [0.3, 0.4) is 0 Å². The largest absolute Gasteiger partial charge is 0.398 e. The van der Waals surface area contributed by atoms with Crippen molar-refractivity contribution in [3.8, 4) is 0 Å². The number of anilines is 2. The molecule has 0 saturated carbocycles. The second-order valence-electron chi connectivity index (χ2n) is 4.22. The maximum absolute atomic E-state index is 5.98. The predicted octanol–water partition coefficient (Wildman–Crippen LogP) is 1.62. The van der Waals surface area contributed by atoms with Gasteiger partial charge in [0.25, 0.3) is 0 Å². The summed E-state index contributed by atoms with van der Waals surface area (Å²) in [6.07, 6.45) is 4.34. The van der Waals surface area contributed by atoms with Crippen molar-refractivity contribution in [2.45, 2.75) is 13.0 Å². The Morgan fingerprint density at radius 2 is 2.18 bits per heavy atom. The molecule has 1 aliphatic rings. The van der Waals surface area contributed by atoms with Crippen molar-refractivity contribution >= 4 is 11.5 Å². The van der Waals surface area contributed by atoms with Crippen molar-refractivity contribution < 1.29 is 0 Å². The summed E-state index contributed by atoms with van der Waals surface area (Å²) in [7, 11) is 0. The van der Waals surface area contributed by atoms with E-state index < -0.39 is 0 Å². The fraction of sp³-hybridized carbons (Fsp3) is 0.231. The van der Waals surface area contributed by atoms with E-state index in [0.717, 1.165) is 31.0 Å². The highest BCUT2D eigenvalue weighted by Gasteiger charge is 2.18. The minimum atomic E-state index is 0.872. The summed E-state index contributed by atoms with van der Waals surface area (Å²) >= 11 is 0. The van der Waals surface area contributed by atoms with E-state index in [1.165, 1.54) is 11.1 Å². The summed E-state index contributed by atoms with van der Waals surface area (Å²) in [5, 5.41) is 0. The van der Waals surface area contributed by atoms with Gasteiger partial charge in [-0.3, -0.25) is 0 Å². The molecule has 0 bridgehead atoms. The fourth-order valence-electron chi connectivity index (χ4n) is 2.31. The SMILES string of the molecule is Nc1cccc2c1CCN(c1ccncn1)C2. The number of fused-ring (bicyclic) bond motifs is 1. The average Bonchev–Trinajstić information content (AvgIpc) is 2.40. The first-order valence-electron chi connectivity index (χ1n) is 5.72. The van der Waals surface area contributed by atoms with Gasteiger partial charge < -0.3 is 10.6 Å². The van der Waals surface area contributed by atoms with Crippen LogP contribution in [0.4, 0.5) is 11.5 Å². The molecule has 1 aromatic heterocycles. The minimum absolute atomic E-state index is 0.872. The molecule has 0 atom stereocenters. The highest BCUT2D eigenvalue weighted by molar-refractivity contribution is 5.54. The number of hydrogen-bond donors (Lipinski definition) is 1. The third-order valence-electron chi connectivity index (χ3n) is 3.19. The van der Waals surface area contributed by atoms with Crippen molar-refractivity contribution in [2.75, 3.05) is 17.2 Å². The lowest BCUT2D eigenvalue weighted by Gasteiger charge is -2.30. The Kier molecular flexibility index (Phi) is 2.40. The highest BCUT2D eigenvalue weighted by Crippen LogP contribution is 2.26. The molecule has 0 fully saturated rings. The number of benzene rings is 1. The highest BCUT2D eigenvalue weighted by atomic mass is 15.2. The van der Waals surface area contributed by atoms with Gasteiger partial charge in [-0.1, -0.05) is 12.1 Å². The molecular weight excluding hydrogens is 212 g/mol. The molecule has 4 nitrogen and oxygen atoms in total. The Hall–Kier alpha value is -2.10. The summed E-state index contributed by atoms with van der Waals surface area (Å²) in [5.41, 5.74) is 9.48. The second-order valence-corrected chi connectivity index (χ2v) is 4.22. The van der Waals surface area contributed by atoms with Crippen LogP contribution < -0.4 is 10.6 Å². The van der Waals surface area contributed by atoms with Crippen molar-refractivity contribution in [3.05, 3.63) is 47.9 Å². The van der Waals surface area contributed by atoms with Crippen molar-refractivity contribution in [1.29, 1.82) is 0 Å². The van der Waals surface area contributed by atoms with E-state index >= 15 is 0 Å². The lowest BCUT2D eigenvalue weighted by atomic mass is 9.98. The minimum Gasteiger partial charge on any atom is -0.398 e. The van der Waals surface area contributed by atoms with Gasteiger partial charge in [-0.05, 0) is 29.7 Å². The van der Waals surface area contributed by atoms with Crippen molar-refractivity contribution in [2.24, 2.45) is 0 Å². The van der Waals surface area contributed by atoms with Crippen LogP contribution >= 0.6 is 0 Å². The number of nitrogen functional groups attached to an aromatic ring is 1. The summed E-state index contributed by atoms with van der Waals surface area (Å²) in [6.45, 7) is 1.83. The molecule has 0 radical (unpaired) electrons. The smallest absolute Gasteiger partial charge is 0.132 e. The van der Waals surface area contributed by atoms with Crippen LogP contribution in [0.15, 0.2) is 36.8 Å². The molecule has 1 aromatic carbocycles. The van der Waals surface area contributed by atoms with Crippen LogP contribution in [0.2, 0.25) is 0 Å². The monoisotopic (exact) mass is 226 g/mol. The number of aromatic nitrogens is 2. The first kappa shape index (κ1) is 10.1. The zero-order valence-corrected chi connectivity index (χ0v) is 9.50. The van der Waals surface area contributed by atoms with Crippen molar-refractivity contribution in [1.82, 2.24) is 9.97 Å². The van der Waals surface area contributed by atoms with Crippen LogP contribution in [0.5, 0.6) is 0 Å². The van der Waals surface area contributed by atoms with E-state index in [9.17, 15) is 0 Å². The zero-order valence-electron chi connectivity index (χ0n) is 9.50. The Morgan fingerprint density at radius 3 is 3.00 bits per heavy atom. The molecule has 2 aromatic rings. The normalized spacial score (nSPS) is 14.5. The third-order valence-corrected chi connectivity index (χ3v) is 3.19. The van der Waals surface area contributed by atoms with E-state index in [2.05, 4.69) is 20.9 Å². The molecule has 4 heteroatoms. The average molecular weight is 226 g/mol. The third kappa shape index (κ3) is 1.82. The lowest BCUT2D eigenvalue weighted by Crippen LogP contribution is -2.31. The summed E-state index contributed by atoms with van der Waals surface area (Å²) < 4.78 is 0. The van der Waals surface area contributed by atoms with Crippen LogP contribution in [0.25, 0.3) is 0 Å². The Labute approximate surface area is 100 Å². The molecule has 3 rings (SSSR count). The number of hydrogen-bond acceptors (Lipinski definition) is 4. The quantitative estimate of drug-likeness (QED) is 0.751. The predicted molar refractivity (Wildman–Crippen MR) is 67.6 cm³/mol. The van der Waals surface area contributed by atoms with Gasteiger partial charge >= 0.3 is 0 Å². The fourth-order valence-corrected chi connectivity index (χ4v) is 2.31. The molecule has 2 heterocycles. The standard InChI is InChI=1S/C13H14N4/c14-12-3-1-2-10-8-17(7-5-11(10)12)13-4-6-15-9-16-13/h1-4,6,9H,5,7-8,14H2. The molecule has 0 amide bonds. The molecule has 0 spiro atoms. The van der Waals surface area contributed by atoms with E-state index in [1.807, 2.05) is 18.2 Å². The second kappa shape index (κ2) is 4.05. The van der Waals surface area contributed by atoms with Gasteiger partial charge in [0.15, 0.2) is 0 Å². The van der Waals surface area contributed by atoms with Gasteiger partial charge in [-0.15, -0.1) is 0 Å². The molecule has 17 heavy (non-hydrogen) atoms. The van der Waals surface area contributed by atoms with Gasteiger partial charge in [0.1, 0.15) is 12.1 Å². The van der Waals surface area contributed by atoms with Gasteiger partial charge in [0, 0.05) is 25.0 Å². The maximum Gasteiger partial charge on any atom is 0.132 e. The summed E-state index contributed by atoms with van der Waals surface area (Å²) in [5.74, 6) is 0.980. The molecule has 0 unspecified atom stereocenters. The van der Waals surface area contributed by atoms with Crippen LogP contribution in [-0.2, 0) is 13.0 Å². The number of nitrogens with zero attached hydrogens (tertiary/aromatic N) is 3. The summed E-state index contributed by atoms with van der Waals surface area (Å²) in [6, 6.07) is 8.06. The Morgan fingerprint density at radius 1 is 1.24 bits per heavy atom. The molecule has 0 saturated heterocycles. The number of rotatable bonds is 1. The number of nitrogens with two attached hydrogens (primary N) is 1. The molecular formula is C13H14N4. The van der Waals surface area contributed by atoms with Gasteiger partial charge in [0.05, 0.1) is 0 Å². The van der Waals surface area contributed by atoms with Crippen LogP contribution in [0.1, 0.15) is 11.1 Å². The molecule has 1 aliphatic heterocycles. The summed E-state index contributed by atoms with van der Waals surface area (Å²) in [4.78, 5) is 10.5. The lowest BCUT2D eigenvalue weighted by molar-refractivity contribution is 0.721. The Balaban J connectivity index is 1.91. The first-order valence-corrected chi connectivity index (χ1v) is 5.72. The first-order chi connectivity index (χ1) is 8.34.